The molecule has 1 N–H and O–H groups in total. The Hall–Kier alpha value is -2.24. The Bertz CT molecular complexity index is 724. The van der Waals surface area contributed by atoms with Crippen LogP contribution in [0.5, 0.6) is 0 Å². The number of nitrogens with one attached hydrogen (secondary N) is 1. The van der Waals surface area contributed by atoms with E-state index in [1.54, 1.807) is 12.4 Å². The van der Waals surface area contributed by atoms with Crippen molar-refractivity contribution in [2.24, 2.45) is 0 Å². The van der Waals surface area contributed by atoms with Crippen LogP contribution in [0, 0.1) is 6.92 Å². The van der Waals surface area contributed by atoms with Crippen molar-refractivity contribution in [1.82, 2.24) is 20.1 Å². The minimum absolute atomic E-state index is 0.0545. The molecular weight excluding hydrogens is 336 g/mol. The summed E-state index contributed by atoms with van der Waals surface area (Å²) >= 11 is 0. The molecule has 1 amide bonds. The van der Waals surface area contributed by atoms with Crippen LogP contribution in [-0.2, 0) is 4.79 Å². The molecule has 5 heteroatoms. The third kappa shape index (κ3) is 5.37. The molecule has 27 heavy (non-hydrogen) atoms. The summed E-state index contributed by atoms with van der Waals surface area (Å²) in [7, 11) is 4.21. The van der Waals surface area contributed by atoms with Gasteiger partial charge in [0.15, 0.2) is 0 Å². The summed E-state index contributed by atoms with van der Waals surface area (Å²) < 4.78 is 0. The largest absolute Gasteiger partial charge is 0.344 e. The van der Waals surface area contributed by atoms with Crippen LogP contribution in [0.25, 0.3) is 0 Å². The number of carbonyl (C=O) groups excluding carboxylic acids is 1. The maximum Gasteiger partial charge on any atom is 0.234 e. The zero-order valence-corrected chi connectivity index (χ0v) is 16.6. The Balaban J connectivity index is 1.68. The molecule has 0 bridgehead atoms. The monoisotopic (exact) mass is 366 g/mol. The highest BCUT2D eigenvalue weighted by Gasteiger charge is 2.23. The molecule has 0 spiro atoms. The molecule has 2 aromatic rings. The number of pyridine rings is 1. The van der Waals surface area contributed by atoms with Gasteiger partial charge in [-0.25, -0.2) is 0 Å². The van der Waals surface area contributed by atoms with E-state index < -0.39 is 0 Å². The van der Waals surface area contributed by atoms with Crippen molar-refractivity contribution in [3.05, 3.63) is 65.5 Å². The molecule has 1 aromatic heterocycles. The maximum atomic E-state index is 12.8. The molecule has 0 saturated carbocycles. The molecule has 1 saturated heterocycles. The molecule has 0 aliphatic carbocycles. The third-order valence-corrected chi connectivity index (χ3v) is 5.46. The van der Waals surface area contributed by atoms with Crippen LogP contribution in [0.1, 0.15) is 35.6 Å². The van der Waals surface area contributed by atoms with Crippen LogP contribution >= 0.6 is 0 Å². The van der Waals surface area contributed by atoms with Gasteiger partial charge in [0.05, 0.1) is 12.6 Å². The highest BCUT2D eigenvalue weighted by atomic mass is 16.2. The van der Waals surface area contributed by atoms with E-state index in [1.807, 2.05) is 12.1 Å². The minimum Gasteiger partial charge on any atom is -0.344 e. The molecule has 0 unspecified atom stereocenters. The predicted molar refractivity (Wildman–Crippen MR) is 109 cm³/mol. The second-order valence-corrected chi connectivity index (χ2v) is 7.64. The second-order valence-electron chi connectivity index (χ2n) is 7.64. The lowest BCUT2D eigenvalue weighted by Gasteiger charge is -2.35. The van der Waals surface area contributed by atoms with E-state index in [2.05, 4.69) is 65.4 Å². The van der Waals surface area contributed by atoms with Crippen molar-refractivity contribution >= 4 is 5.91 Å². The minimum atomic E-state index is -0.160. The number of hydrogen-bond acceptors (Lipinski definition) is 4. The van der Waals surface area contributed by atoms with Gasteiger partial charge in [0.1, 0.15) is 0 Å². The molecule has 1 fully saturated rings. The van der Waals surface area contributed by atoms with E-state index in [4.69, 9.17) is 0 Å². The van der Waals surface area contributed by atoms with E-state index in [0.717, 1.165) is 37.1 Å². The van der Waals surface area contributed by atoms with Crippen molar-refractivity contribution in [2.45, 2.75) is 31.8 Å². The molecular formula is C22H30N4O. The SMILES string of the molecule is Cc1ccc([C@@H](NC(=O)CN(C)C2CCN(C)CC2)c2ccncc2)cc1. The van der Waals surface area contributed by atoms with Gasteiger partial charge in [0.25, 0.3) is 0 Å². The molecule has 1 aromatic carbocycles. The fourth-order valence-corrected chi connectivity index (χ4v) is 3.67. The van der Waals surface area contributed by atoms with E-state index >= 15 is 0 Å². The van der Waals surface area contributed by atoms with Gasteiger partial charge in [-0.15, -0.1) is 0 Å². The number of amides is 1. The molecule has 1 aliphatic heterocycles. The number of likely N-dealkylation sites (N-methyl/N-ethyl adjacent to an activating group) is 1. The Labute approximate surface area is 162 Å². The topological polar surface area (TPSA) is 48.5 Å². The number of nitrogens with zero attached hydrogens (tertiary/aromatic N) is 3. The van der Waals surface area contributed by atoms with Gasteiger partial charge in [-0.3, -0.25) is 14.7 Å². The summed E-state index contributed by atoms with van der Waals surface area (Å²) in [6.07, 6.45) is 5.78. The van der Waals surface area contributed by atoms with Gasteiger partial charge < -0.3 is 10.2 Å². The van der Waals surface area contributed by atoms with Crippen molar-refractivity contribution in [3.63, 3.8) is 0 Å². The fourth-order valence-electron chi connectivity index (χ4n) is 3.67. The second kappa shape index (κ2) is 9.11. The average molecular weight is 367 g/mol. The van der Waals surface area contributed by atoms with Gasteiger partial charge in [-0.05, 0) is 70.2 Å². The highest BCUT2D eigenvalue weighted by Crippen LogP contribution is 2.22. The molecule has 3 rings (SSSR count). The van der Waals surface area contributed by atoms with Crippen molar-refractivity contribution < 1.29 is 4.79 Å². The average Bonchev–Trinajstić information content (AvgIpc) is 2.68. The van der Waals surface area contributed by atoms with E-state index in [-0.39, 0.29) is 11.9 Å². The zero-order chi connectivity index (χ0) is 19.2. The first-order valence-electron chi connectivity index (χ1n) is 9.67. The van der Waals surface area contributed by atoms with Crippen molar-refractivity contribution in [1.29, 1.82) is 0 Å². The van der Waals surface area contributed by atoms with Gasteiger partial charge in [0, 0.05) is 18.4 Å². The summed E-state index contributed by atoms with van der Waals surface area (Å²) in [4.78, 5) is 21.5. The number of aryl methyl sites for hydroxylation is 1. The summed E-state index contributed by atoms with van der Waals surface area (Å²) in [5, 5.41) is 3.23. The number of rotatable bonds is 6. The molecule has 2 heterocycles. The van der Waals surface area contributed by atoms with E-state index in [0.29, 0.717) is 12.6 Å². The van der Waals surface area contributed by atoms with Crippen molar-refractivity contribution in [3.8, 4) is 0 Å². The fraction of sp³-hybridized carbons (Fsp3) is 0.455. The Kier molecular flexibility index (Phi) is 6.58. The first kappa shape index (κ1) is 19.5. The van der Waals surface area contributed by atoms with Crippen LogP contribution in [0.2, 0.25) is 0 Å². The number of hydrogen-bond donors (Lipinski definition) is 1. The molecule has 144 valence electrons. The lowest BCUT2D eigenvalue weighted by Crippen LogP contribution is -2.46. The summed E-state index contributed by atoms with van der Waals surface area (Å²) in [5.74, 6) is 0.0545. The van der Waals surface area contributed by atoms with Gasteiger partial charge in [-0.2, -0.15) is 0 Å². The zero-order valence-electron chi connectivity index (χ0n) is 16.6. The van der Waals surface area contributed by atoms with Crippen LogP contribution in [0.15, 0.2) is 48.8 Å². The van der Waals surface area contributed by atoms with Crippen LogP contribution in [-0.4, -0.2) is 60.5 Å². The smallest absolute Gasteiger partial charge is 0.234 e. The van der Waals surface area contributed by atoms with E-state index in [1.165, 1.54) is 5.56 Å². The van der Waals surface area contributed by atoms with Crippen LogP contribution in [0.4, 0.5) is 0 Å². The summed E-state index contributed by atoms with van der Waals surface area (Å²) in [5.41, 5.74) is 3.34. The molecule has 1 atom stereocenters. The summed E-state index contributed by atoms with van der Waals surface area (Å²) in [6, 6.07) is 12.6. The number of carbonyl (C=O) groups is 1. The summed E-state index contributed by atoms with van der Waals surface area (Å²) in [6.45, 7) is 4.68. The lowest BCUT2D eigenvalue weighted by molar-refractivity contribution is -0.123. The first-order valence-corrected chi connectivity index (χ1v) is 9.67. The quantitative estimate of drug-likeness (QED) is 0.854. The number of likely N-dealkylation sites (tertiary alicyclic amines) is 1. The molecule has 1 aliphatic rings. The Morgan fingerprint density at radius 2 is 1.74 bits per heavy atom. The van der Waals surface area contributed by atoms with Gasteiger partial charge in [0.2, 0.25) is 5.91 Å². The Morgan fingerprint density at radius 1 is 1.15 bits per heavy atom. The third-order valence-electron chi connectivity index (χ3n) is 5.46. The Morgan fingerprint density at radius 3 is 2.37 bits per heavy atom. The predicted octanol–water partition coefficient (Wildman–Crippen LogP) is 2.62. The van der Waals surface area contributed by atoms with Gasteiger partial charge in [-0.1, -0.05) is 29.8 Å². The normalized spacial score (nSPS) is 17.0. The van der Waals surface area contributed by atoms with Crippen LogP contribution in [0.3, 0.4) is 0 Å². The van der Waals surface area contributed by atoms with Crippen molar-refractivity contribution in [2.75, 3.05) is 33.7 Å². The van der Waals surface area contributed by atoms with E-state index in [9.17, 15) is 4.79 Å². The van der Waals surface area contributed by atoms with Gasteiger partial charge >= 0.3 is 0 Å². The van der Waals surface area contributed by atoms with Crippen LogP contribution < -0.4 is 5.32 Å². The number of benzene rings is 1. The lowest BCUT2D eigenvalue weighted by atomic mass is 9.98. The number of aromatic nitrogens is 1. The molecule has 5 nitrogen and oxygen atoms in total. The first-order chi connectivity index (χ1) is 13.0. The maximum absolute atomic E-state index is 12.8. The highest BCUT2D eigenvalue weighted by molar-refractivity contribution is 5.79. The standard InChI is InChI=1S/C22H30N4O/c1-17-4-6-18(7-5-17)22(19-8-12-23-13-9-19)24-21(27)16-26(3)20-10-14-25(2)15-11-20/h4-9,12-13,20,22H,10-11,14-16H2,1-3H3,(H,24,27)/t22-/m1/s1. The molecule has 0 radical (unpaired) electrons. The number of piperidine rings is 1.